The quantitative estimate of drug-likeness (QED) is 0.457. The topological polar surface area (TPSA) is 78.0 Å². The van der Waals surface area contributed by atoms with Gasteiger partial charge in [-0.2, -0.15) is 0 Å². The molecule has 7 heteroatoms. The molecular weight excluding hydrogens is 378 g/mol. The summed E-state index contributed by atoms with van der Waals surface area (Å²) in [4.78, 5) is 18.6. The minimum atomic E-state index is -0.0563. The van der Waals surface area contributed by atoms with Crippen molar-refractivity contribution in [3.05, 3.63) is 65.2 Å². The highest BCUT2D eigenvalue weighted by molar-refractivity contribution is 5.94. The third kappa shape index (κ3) is 6.22. The van der Waals surface area contributed by atoms with Gasteiger partial charge in [-0.3, -0.25) is 9.79 Å². The van der Waals surface area contributed by atoms with Crippen molar-refractivity contribution in [2.75, 3.05) is 40.8 Å². The molecule has 2 aromatic rings. The summed E-state index contributed by atoms with van der Waals surface area (Å²) in [6, 6.07) is 15.8. The van der Waals surface area contributed by atoms with E-state index in [0.717, 1.165) is 24.3 Å². The van der Waals surface area contributed by atoms with E-state index in [1.165, 1.54) is 5.56 Å². The van der Waals surface area contributed by atoms with E-state index < -0.39 is 0 Å². The van der Waals surface area contributed by atoms with Crippen LogP contribution >= 0.6 is 0 Å². The summed E-state index contributed by atoms with van der Waals surface area (Å²) in [5.41, 5.74) is 2.92. The van der Waals surface area contributed by atoms with Crippen molar-refractivity contribution in [3.63, 3.8) is 0 Å². The Morgan fingerprint density at radius 3 is 2.73 bits per heavy atom. The van der Waals surface area contributed by atoms with Gasteiger partial charge < -0.3 is 25.6 Å². The van der Waals surface area contributed by atoms with Gasteiger partial charge in [-0.05, 0) is 43.4 Å². The van der Waals surface area contributed by atoms with Crippen molar-refractivity contribution in [1.82, 2.24) is 20.9 Å². The van der Waals surface area contributed by atoms with Gasteiger partial charge in [0.25, 0.3) is 5.91 Å². The zero-order valence-electron chi connectivity index (χ0n) is 17.9. The van der Waals surface area contributed by atoms with Crippen molar-refractivity contribution in [1.29, 1.82) is 0 Å². The first-order chi connectivity index (χ1) is 14.5. The predicted molar refractivity (Wildman–Crippen MR) is 120 cm³/mol. The Morgan fingerprint density at radius 1 is 1.13 bits per heavy atom. The number of amides is 1. The number of carbonyl (C=O) groups excluding carboxylic acids is 1. The van der Waals surface area contributed by atoms with Crippen LogP contribution < -0.4 is 20.7 Å². The first-order valence-corrected chi connectivity index (χ1v) is 10.3. The number of fused-ring (bicyclic) bond motifs is 1. The number of nitrogens with zero attached hydrogens (tertiary/aromatic N) is 2. The third-order valence-corrected chi connectivity index (χ3v) is 4.93. The van der Waals surface area contributed by atoms with Crippen LogP contribution in [0.2, 0.25) is 0 Å². The number of aliphatic imine (C=N–C) groups is 1. The van der Waals surface area contributed by atoms with Crippen LogP contribution in [0.25, 0.3) is 0 Å². The zero-order chi connectivity index (χ0) is 21.3. The van der Waals surface area contributed by atoms with E-state index in [2.05, 4.69) is 27.0 Å². The summed E-state index contributed by atoms with van der Waals surface area (Å²) in [6.07, 6.45) is 0.987. The second-order valence-corrected chi connectivity index (χ2v) is 7.62. The number of carbonyl (C=O) groups is 1. The van der Waals surface area contributed by atoms with Gasteiger partial charge in [-0.25, -0.2) is 0 Å². The molecule has 0 aromatic heterocycles. The fourth-order valence-electron chi connectivity index (χ4n) is 3.30. The molecule has 0 saturated heterocycles. The van der Waals surface area contributed by atoms with Crippen LogP contribution in [-0.4, -0.2) is 63.6 Å². The fraction of sp³-hybridized carbons (Fsp3) is 0.391. The van der Waals surface area contributed by atoms with Crippen LogP contribution in [0.3, 0.4) is 0 Å². The van der Waals surface area contributed by atoms with E-state index in [0.29, 0.717) is 31.2 Å². The molecule has 7 nitrogen and oxygen atoms in total. The summed E-state index contributed by atoms with van der Waals surface area (Å²) in [5, 5.41) is 9.56. The number of guanidine groups is 1. The molecule has 1 aliphatic rings. The van der Waals surface area contributed by atoms with Gasteiger partial charge in [0.05, 0.1) is 6.54 Å². The maximum Gasteiger partial charge on any atom is 0.251 e. The first-order valence-electron chi connectivity index (χ1n) is 10.3. The average molecular weight is 410 g/mol. The van der Waals surface area contributed by atoms with Crippen molar-refractivity contribution >= 4 is 11.9 Å². The summed E-state index contributed by atoms with van der Waals surface area (Å²) in [6.45, 7) is 2.68. The Labute approximate surface area is 178 Å². The maximum atomic E-state index is 12.3. The lowest BCUT2D eigenvalue weighted by Gasteiger charge is -2.16. The summed E-state index contributed by atoms with van der Waals surface area (Å²) in [7, 11) is 5.71. The number of para-hydroxylation sites is 1. The Morgan fingerprint density at radius 2 is 1.97 bits per heavy atom. The van der Waals surface area contributed by atoms with Crippen LogP contribution in [0.15, 0.2) is 53.5 Å². The van der Waals surface area contributed by atoms with Gasteiger partial charge >= 0.3 is 0 Å². The molecule has 2 aromatic carbocycles. The molecule has 1 unspecified atom stereocenters. The van der Waals surface area contributed by atoms with Gasteiger partial charge in [-0.15, -0.1) is 0 Å². The van der Waals surface area contributed by atoms with E-state index in [9.17, 15) is 4.79 Å². The lowest BCUT2D eigenvalue weighted by Crippen LogP contribution is -2.42. The normalized spacial score (nSPS) is 15.5. The van der Waals surface area contributed by atoms with E-state index >= 15 is 0 Å². The monoisotopic (exact) mass is 409 g/mol. The molecule has 160 valence electrons. The van der Waals surface area contributed by atoms with Gasteiger partial charge in [0.1, 0.15) is 11.9 Å². The van der Waals surface area contributed by atoms with Crippen molar-refractivity contribution in [2.24, 2.45) is 4.99 Å². The van der Waals surface area contributed by atoms with Crippen molar-refractivity contribution in [2.45, 2.75) is 19.1 Å². The SMILES string of the molecule is CN=C(NCc1cccc(C(=O)NCCN(C)C)c1)NCC1Cc2ccccc2O1. The second-order valence-electron chi connectivity index (χ2n) is 7.62. The number of ether oxygens (including phenoxy) is 1. The molecule has 0 bridgehead atoms. The molecule has 3 N–H and O–H groups in total. The molecule has 30 heavy (non-hydrogen) atoms. The van der Waals surface area contributed by atoms with Crippen LogP contribution in [0.5, 0.6) is 5.75 Å². The van der Waals surface area contributed by atoms with E-state index in [1.54, 1.807) is 7.05 Å². The van der Waals surface area contributed by atoms with Crippen LogP contribution in [-0.2, 0) is 13.0 Å². The largest absolute Gasteiger partial charge is 0.488 e. The molecule has 0 spiro atoms. The Hall–Kier alpha value is -3.06. The van der Waals surface area contributed by atoms with Crippen LogP contribution in [0, 0.1) is 0 Å². The third-order valence-electron chi connectivity index (χ3n) is 4.93. The van der Waals surface area contributed by atoms with E-state index in [4.69, 9.17) is 4.74 Å². The number of rotatable bonds is 8. The standard InChI is InChI=1S/C23H31N5O2/c1-24-23(27-16-20-14-18-8-4-5-10-21(18)30-20)26-15-17-7-6-9-19(13-17)22(29)25-11-12-28(2)3/h4-10,13,20H,11-12,14-16H2,1-3H3,(H,25,29)(H2,24,26,27). The maximum absolute atomic E-state index is 12.3. The molecule has 1 amide bonds. The number of nitrogens with one attached hydrogen (secondary N) is 3. The van der Waals surface area contributed by atoms with Crippen molar-refractivity contribution < 1.29 is 9.53 Å². The summed E-state index contributed by atoms with van der Waals surface area (Å²) >= 11 is 0. The van der Waals surface area contributed by atoms with Crippen LogP contribution in [0.1, 0.15) is 21.5 Å². The smallest absolute Gasteiger partial charge is 0.251 e. The van der Waals surface area contributed by atoms with Gasteiger partial charge in [-0.1, -0.05) is 30.3 Å². The number of hydrogen-bond acceptors (Lipinski definition) is 4. The number of likely N-dealkylation sites (N-methyl/N-ethyl adjacent to an activating group) is 1. The molecule has 3 rings (SSSR count). The van der Waals surface area contributed by atoms with Gasteiger partial charge in [0, 0.05) is 38.7 Å². The van der Waals surface area contributed by atoms with E-state index in [1.807, 2.05) is 61.5 Å². The highest BCUT2D eigenvalue weighted by Gasteiger charge is 2.22. The Kier molecular flexibility index (Phi) is 7.68. The minimum Gasteiger partial charge on any atom is -0.488 e. The number of benzene rings is 2. The summed E-state index contributed by atoms with van der Waals surface area (Å²) in [5.74, 6) is 1.61. The summed E-state index contributed by atoms with van der Waals surface area (Å²) < 4.78 is 5.96. The molecular formula is C23H31N5O2. The number of hydrogen-bond donors (Lipinski definition) is 3. The highest BCUT2D eigenvalue weighted by atomic mass is 16.5. The lowest BCUT2D eigenvalue weighted by molar-refractivity contribution is 0.0951. The van der Waals surface area contributed by atoms with Gasteiger partial charge in [0.15, 0.2) is 5.96 Å². The highest BCUT2D eigenvalue weighted by Crippen LogP contribution is 2.27. The first kappa shape index (κ1) is 21.6. The molecule has 0 aliphatic carbocycles. The van der Waals surface area contributed by atoms with Gasteiger partial charge in [0.2, 0.25) is 0 Å². The molecule has 0 saturated carbocycles. The fourth-order valence-corrected chi connectivity index (χ4v) is 3.30. The Bertz CT molecular complexity index is 856. The lowest BCUT2D eigenvalue weighted by atomic mass is 10.1. The average Bonchev–Trinajstić information content (AvgIpc) is 3.16. The second kappa shape index (κ2) is 10.6. The molecule has 1 heterocycles. The molecule has 0 radical (unpaired) electrons. The molecule has 1 atom stereocenters. The predicted octanol–water partition coefficient (Wildman–Crippen LogP) is 1.65. The van der Waals surface area contributed by atoms with E-state index in [-0.39, 0.29) is 12.0 Å². The minimum absolute atomic E-state index is 0.0563. The zero-order valence-corrected chi connectivity index (χ0v) is 17.9. The van der Waals surface area contributed by atoms with Crippen LogP contribution in [0.4, 0.5) is 0 Å². The Balaban J connectivity index is 1.45. The molecule has 0 fully saturated rings. The van der Waals surface area contributed by atoms with Crippen molar-refractivity contribution in [3.8, 4) is 5.75 Å². The molecule has 1 aliphatic heterocycles.